The second-order valence-corrected chi connectivity index (χ2v) is 5.97. The third-order valence-corrected chi connectivity index (χ3v) is 4.56. The fourth-order valence-corrected chi connectivity index (χ4v) is 3.28. The van der Waals surface area contributed by atoms with Gasteiger partial charge >= 0.3 is 0 Å². The lowest BCUT2D eigenvalue weighted by Crippen LogP contribution is -2.36. The van der Waals surface area contributed by atoms with Crippen molar-refractivity contribution in [3.05, 3.63) is 54.6 Å². The molecular formula is C19H24N2. The van der Waals surface area contributed by atoms with Gasteiger partial charge in [0.15, 0.2) is 0 Å². The lowest BCUT2D eigenvalue weighted by molar-refractivity contribution is 0.332. The molecule has 1 fully saturated rings. The van der Waals surface area contributed by atoms with Gasteiger partial charge in [0.1, 0.15) is 0 Å². The van der Waals surface area contributed by atoms with E-state index in [0.717, 1.165) is 6.54 Å². The predicted octanol–water partition coefficient (Wildman–Crippen LogP) is 4.28. The van der Waals surface area contributed by atoms with Gasteiger partial charge in [-0.1, -0.05) is 55.3 Å². The number of hydrogen-bond donors (Lipinski definition) is 2. The SMILES string of the molecule is NCC1CCCCC1Nc1ccc(-c2ccccc2)cc1. The Morgan fingerprint density at radius 2 is 1.52 bits per heavy atom. The van der Waals surface area contributed by atoms with E-state index < -0.39 is 0 Å². The van der Waals surface area contributed by atoms with Crippen molar-refractivity contribution in [1.82, 2.24) is 0 Å². The van der Waals surface area contributed by atoms with Gasteiger partial charge in [0, 0.05) is 11.7 Å². The Kier molecular flexibility index (Phi) is 4.56. The summed E-state index contributed by atoms with van der Waals surface area (Å²) in [6.45, 7) is 0.791. The highest BCUT2D eigenvalue weighted by Crippen LogP contribution is 2.27. The van der Waals surface area contributed by atoms with Crippen LogP contribution in [0.25, 0.3) is 11.1 Å². The molecule has 0 amide bonds. The maximum Gasteiger partial charge on any atom is 0.0342 e. The van der Waals surface area contributed by atoms with Crippen LogP contribution in [-0.4, -0.2) is 12.6 Å². The Morgan fingerprint density at radius 1 is 0.857 bits per heavy atom. The molecule has 0 aliphatic heterocycles. The second kappa shape index (κ2) is 6.77. The molecule has 21 heavy (non-hydrogen) atoms. The monoisotopic (exact) mass is 280 g/mol. The van der Waals surface area contributed by atoms with Gasteiger partial charge in [-0.05, 0) is 48.6 Å². The molecule has 1 aliphatic carbocycles. The maximum absolute atomic E-state index is 5.91. The predicted molar refractivity (Wildman–Crippen MR) is 90.3 cm³/mol. The molecule has 1 aliphatic rings. The Labute approximate surface area is 127 Å². The van der Waals surface area contributed by atoms with Crippen LogP contribution in [0.2, 0.25) is 0 Å². The summed E-state index contributed by atoms with van der Waals surface area (Å²) in [5.41, 5.74) is 9.65. The van der Waals surface area contributed by atoms with Crippen molar-refractivity contribution in [3.63, 3.8) is 0 Å². The number of benzene rings is 2. The van der Waals surface area contributed by atoms with Gasteiger partial charge in [-0.2, -0.15) is 0 Å². The fraction of sp³-hybridized carbons (Fsp3) is 0.368. The summed E-state index contributed by atoms with van der Waals surface area (Å²) in [4.78, 5) is 0. The summed E-state index contributed by atoms with van der Waals surface area (Å²) >= 11 is 0. The molecule has 2 heteroatoms. The number of nitrogens with one attached hydrogen (secondary N) is 1. The lowest BCUT2D eigenvalue weighted by Gasteiger charge is -2.32. The van der Waals surface area contributed by atoms with Crippen LogP contribution in [0.1, 0.15) is 25.7 Å². The van der Waals surface area contributed by atoms with Crippen LogP contribution in [0.5, 0.6) is 0 Å². The smallest absolute Gasteiger partial charge is 0.0342 e. The summed E-state index contributed by atoms with van der Waals surface area (Å²) in [6.07, 6.45) is 5.14. The van der Waals surface area contributed by atoms with Crippen molar-refractivity contribution >= 4 is 5.69 Å². The Hall–Kier alpha value is -1.80. The number of nitrogens with two attached hydrogens (primary N) is 1. The highest BCUT2D eigenvalue weighted by molar-refractivity contribution is 5.65. The van der Waals surface area contributed by atoms with Crippen molar-refractivity contribution < 1.29 is 0 Å². The Balaban J connectivity index is 1.69. The van der Waals surface area contributed by atoms with Crippen molar-refractivity contribution in [2.75, 3.05) is 11.9 Å². The molecule has 0 saturated heterocycles. The minimum atomic E-state index is 0.534. The third-order valence-electron chi connectivity index (χ3n) is 4.56. The van der Waals surface area contributed by atoms with Crippen molar-refractivity contribution in [1.29, 1.82) is 0 Å². The number of anilines is 1. The van der Waals surface area contributed by atoms with E-state index in [1.165, 1.54) is 42.5 Å². The Morgan fingerprint density at radius 3 is 2.24 bits per heavy atom. The van der Waals surface area contributed by atoms with E-state index in [1.807, 2.05) is 0 Å². The van der Waals surface area contributed by atoms with Crippen LogP contribution in [0.15, 0.2) is 54.6 Å². The molecule has 0 radical (unpaired) electrons. The molecular weight excluding hydrogens is 256 g/mol. The molecule has 3 N–H and O–H groups in total. The first-order chi connectivity index (χ1) is 10.4. The zero-order valence-corrected chi connectivity index (χ0v) is 12.5. The molecule has 2 aromatic rings. The van der Waals surface area contributed by atoms with Crippen LogP contribution in [0.3, 0.4) is 0 Å². The van der Waals surface area contributed by atoms with E-state index in [2.05, 4.69) is 59.9 Å². The molecule has 1 saturated carbocycles. The summed E-state index contributed by atoms with van der Waals surface area (Å²) in [7, 11) is 0. The minimum absolute atomic E-state index is 0.534. The van der Waals surface area contributed by atoms with E-state index >= 15 is 0 Å². The highest BCUT2D eigenvalue weighted by atomic mass is 14.9. The summed E-state index contributed by atoms with van der Waals surface area (Å²) in [5, 5.41) is 3.68. The van der Waals surface area contributed by atoms with Crippen LogP contribution in [-0.2, 0) is 0 Å². The molecule has 2 nitrogen and oxygen atoms in total. The average molecular weight is 280 g/mol. The molecule has 2 atom stereocenters. The number of rotatable bonds is 4. The zero-order chi connectivity index (χ0) is 14.5. The van der Waals surface area contributed by atoms with Crippen LogP contribution in [0.4, 0.5) is 5.69 Å². The van der Waals surface area contributed by atoms with E-state index in [-0.39, 0.29) is 0 Å². The van der Waals surface area contributed by atoms with Crippen molar-refractivity contribution in [3.8, 4) is 11.1 Å². The van der Waals surface area contributed by atoms with Crippen molar-refractivity contribution in [2.24, 2.45) is 11.7 Å². The quantitative estimate of drug-likeness (QED) is 0.877. The summed E-state index contributed by atoms with van der Waals surface area (Å²) in [6, 6.07) is 19.8. The maximum atomic E-state index is 5.91. The summed E-state index contributed by atoms with van der Waals surface area (Å²) < 4.78 is 0. The molecule has 0 spiro atoms. The van der Waals surface area contributed by atoms with Gasteiger partial charge in [0.05, 0.1) is 0 Å². The van der Waals surface area contributed by atoms with Crippen LogP contribution >= 0.6 is 0 Å². The topological polar surface area (TPSA) is 38.0 Å². The van der Waals surface area contributed by atoms with Gasteiger partial charge < -0.3 is 11.1 Å². The molecule has 110 valence electrons. The van der Waals surface area contributed by atoms with E-state index in [9.17, 15) is 0 Å². The molecule has 2 aromatic carbocycles. The largest absolute Gasteiger partial charge is 0.382 e. The van der Waals surface area contributed by atoms with Crippen LogP contribution < -0.4 is 11.1 Å². The first-order valence-corrected chi connectivity index (χ1v) is 7.99. The summed E-state index contributed by atoms with van der Waals surface area (Å²) in [5.74, 6) is 0.618. The van der Waals surface area contributed by atoms with Gasteiger partial charge in [-0.15, -0.1) is 0 Å². The molecule has 3 rings (SSSR count). The first kappa shape index (κ1) is 14.2. The first-order valence-electron chi connectivity index (χ1n) is 7.99. The van der Waals surface area contributed by atoms with Gasteiger partial charge in [-0.3, -0.25) is 0 Å². The normalized spacial score (nSPS) is 22.0. The van der Waals surface area contributed by atoms with E-state index in [0.29, 0.717) is 12.0 Å². The fourth-order valence-electron chi connectivity index (χ4n) is 3.28. The van der Waals surface area contributed by atoms with Crippen molar-refractivity contribution in [2.45, 2.75) is 31.7 Å². The average Bonchev–Trinajstić information content (AvgIpc) is 2.57. The van der Waals surface area contributed by atoms with Gasteiger partial charge in [-0.25, -0.2) is 0 Å². The second-order valence-electron chi connectivity index (χ2n) is 5.97. The number of hydrogen-bond acceptors (Lipinski definition) is 2. The molecule has 0 aromatic heterocycles. The molecule has 2 unspecified atom stereocenters. The van der Waals surface area contributed by atoms with Crippen LogP contribution in [0, 0.1) is 5.92 Å². The van der Waals surface area contributed by atoms with E-state index in [4.69, 9.17) is 5.73 Å². The Bertz CT molecular complexity index is 548. The molecule has 0 heterocycles. The molecule has 0 bridgehead atoms. The van der Waals surface area contributed by atoms with E-state index in [1.54, 1.807) is 0 Å². The van der Waals surface area contributed by atoms with Gasteiger partial charge in [0.25, 0.3) is 0 Å². The van der Waals surface area contributed by atoms with Gasteiger partial charge in [0.2, 0.25) is 0 Å². The lowest BCUT2D eigenvalue weighted by atomic mass is 9.84. The zero-order valence-electron chi connectivity index (χ0n) is 12.5. The third kappa shape index (κ3) is 3.45. The standard InChI is InChI=1S/C19H24N2/c20-14-17-8-4-5-9-19(17)21-18-12-10-16(11-13-18)15-6-2-1-3-7-15/h1-3,6-7,10-13,17,19,21H,4-5,8-9,14,20H2. The minimum Gasteiger partial charge on any atom is -0.382 e. The highest BCUT2D eigenvalue weighted by Gasteiger charge is 2.23.